The van der Waals surface area contributed by atoms with Gasteiger partial charge in [-0.05, 0) is 45.5 Å². The molecule has 0 N–H and O–H groups in total. The summed E-state index contributed by atoms with van der Waals surface area (Å²) in [5.41, 5.74) is 12.0. The predicted molar refractivity (Wildman–Crippen MR) is 240 cm³/mol. The summed E-state index contributed by atoms with van der Waals surface area (Å²) in [6.45, 7) is 0. The lowest BCUT2D eigenvalue weighted by Gasteiger charge is -2.15. The number of nitrogens with zero attached hydrogens (tertiary/aromatic N) is 7. The van der Waals surface area contributed by atoms with Crippen molar-refractivity contribution in [3.63, 3.8) is 0 Å². The fourth-order valence-corrected chi connectivity index (χ4v) is 7.31. The van der Waals surface area contributed by atoms with Crippen molar-refractivity contribution in [1.82, 2.24) is 34.9 Å². The maximum atomic E-state index is 4.94. The molecular formula is C53H35N7. The summed E-state index contributed by atoms with van der Waals surface area (Å²) in [5.74, 6) is 3.61. The first kappa shape index (κ1) is 36.1. The highest BCUT2D eigenvalue weighted by Gasteiger charge is 2.17. The molecule has 0 bridgehead atoms. The summed E-state index contributed by atoms with van der Waals surface area (Å²) in [7, 11) is 0. The molecule has 10 rings (SSSR count). The van der Waals surface area contributed by atoms with Crippen molar-refractivity contribution in [2.24, 2.45) is 0 Å². The van der Waals surface area contributed by atoms with E-state index in [1.54, 1.807) is 6.20 Å². The highest BCUT2D eigenvalue weighted by atomic mass is 15.0. The van der Waals surface area contributed by atoms with Gasteiger partial charge in [-0.15, -0.1) is 0 Å². The second-order valence-corrected chi connectivity index (χ2v) is 14.2. The number of benzene rings is 7. The third-order valence-electron chi connectivity index (χ3n) is 10.3. The van der Waals surface area contributed by atoms with Crippen molar-refractivity contribution in [1.29, 1.82) is 0 Å². The molecule has 7 aromatic carbocycles. The van der Waals surface area contributed by atoms with E-state index in [9.17, 15) is 0 Å². The smallest absolute Gasteiger partial charge is 0.182 e. The molecule has 0 spiro atoms. The molecule has 0 atom stereocenters. The molecule has 3 heterocycles. The Labute approximate surface area is 347 Å². The number of rotatable bonds is 9. The average molecular weight is 770 g/mol. The van der Waals surface area contributed by atoms with E-state index >= 15 is 0 Å². The lowest BCUT2D eigenvalue weighted by molar-refractivity contribution is 1.06. The fraction of sp³-hybridized carbons (Fsp3) is 0. The van der Waals surface area contributed by atoms with Crippen LogP contribution in [0.5, 0.6) is 0 Å². The Bertz CT molecular complexity index is 2720. The van der Waals surface area contributed by atoms with Gasteiger partial charge in [-0.1, -0.05) is 194 Å². The minimum absolute atomic E-state index is 0.528. The summed E-state index contributed by atoms with van der Waals surface area (Å²) in [6, 6.07) is 69.8. The second-order valence-electron chi connectivity index (χ2n) is 14.2. The summed E-state index contributed by atoms with van der Waals surface area (Å²) in [4.78, 5) is 33.8. The lowest BCUT2D eigenvalue weighted by Crippen LogP contribution is -2.01. The van der Waals surface area contributed by atoms with Crippen molar-refractivity contribution in [2.75, 3.05) is 0 Å². The van der Waals surface area contributed by atoms with Gasteiger partial charge in [-0.25, -0.2) is 29.9 Å². The van der Waals surface area contributed by atoms with E-state index in [0.717, 1.165) is 61.2 Å². The first-order valence-electron chi connectivity index (χ1n) is 19.7. The third-order valence-corrected chi connectivity index (χ3v) is 10.3. The second kappa shape index (κ2) is 16.3. The van der Waals surface area contributed by atoms with Crippen LogP contribution in [0.4, 0.5) is 0 Å². The molecule has 0 fully saturated rings. The number of hydrogen-bond donors (Lipinski definition) is 0. The molecule has 0 aliphatic rings. The zero-order valence-corrected chi connectivity index (χ0v) is 32.3. The lowest BCUT2D eigenvalue weighted by atomic mass is 9.89. The molecule has 0 unspecified atom stereocenters. The third kappa shape index (κ3) is 7.46. The van der Waals surface area contributed by atoms with E-state index in [1.807, 2.05) is 109 Å². The monoisotopic (exact) mass is 769 g/mol. The van der Waals surface area contributed by atoms with Gasteiger partial charge in [0, 0.05) is 34.0 Å². The molecule has 7 heteroatoms. The molecule has 0 saturated heterocycles. The maximum Gasteiger partial charge on any atom is 0.182 e. The van der Waals surface area contributed by atoms with E-state index < -0.39 is 0 Å². The normalized spacial score (nSPS) is 11.0. The Hall–Kier alpha value is -8.29. The fourth-order valence-electron chi connectivity index (χ4n) is 7.31. The summed E-state index contributed by atoms with van der Waals surface area (Å²) >= 11 is 0. The first-order chi connectivity index (χ1) is 29.7. The van der Waals surface area contributed by atoms with E-state index in [-0.39, 0.29) is 0 Å². The van der Waals surface area contributed by atoms with Crippen LogP contribution in [0.2, 0.25) is 0 Å². The van der Waals surface area contributed by atoms with Crippen LogP contribution in [0.3, 0.4) is 0 Å². The van der Waals surface area contributed by atoms with Crippen molar-refractivity contribution in [2.45, 2.75) is 0 Å². The average Bonchev–Trinajstić information content (AvgIpc) is 3.35. The molecule has 282 valence electrons. The Balaban J connectivity index is 0.985. The Morgan fingerprint density at radius 2 is 0.483 bits per heavy atom. The maximum absolute atomic E-state index is 4.94. The minimum atomic E-state index is 0.528. The summed E-state index contributed by atoms with van der Waals surface area (Å²) < 4.78 is 0. The van der Waals surface area contributed by atoms with Gasteiger partial charge in [-0.3, -0.25) is 4.98 Å². The van der Waals surface area contributed by atoms with Gasteiger partial charge in [0.05, 0.1) is 0 Å². The topological polar surface area (TPSA) is 90.2 Å². The Morgan fingerprint density at radius 3 is 0.833 bits per heavy atom. The van der Waals surface area contributed by atoms with Crippen LogP contribution >= 0.6 is 0 Å². The minimum Gasteiger partial charge on any atom is -0.253 e. The number of hydrogen-bond acceptors (Lipinski definition) is 7. The van der Waals surface area contributed by atoms with Gasteiger partial charge < -0.3 is 0 Å². The van der Waals surface area contributed by atoms with Crippen molar-refractivity contribution >= 4 is 0 Å². The molecular weight excluding hydrogens is 735 g/mol. The van der Waals surface area contributed by atoms with Gasteiger partial charge in [0.15, 0.2) is 34.9 Å². The molecule has 0 aliphatic carbocycles. The first-order valence-corrected chi connectivity index (χ1v) is 19.7. The van der Waals surface area contributed by atoms with Crippen LogP contribution in [0, 0.1) is 0 Å². The van der Waals surface area contributed by atoms with Gasteiger partial charge in [0.1, 0.15) is 5.69 Å². The van der Waals surface area contributed by atoms with Crippen LogP contribution in [0.1, 0.15) is 0 Å². The molecule has 0 amide bonds. The van der Waals surface area contributed by atoms with Crippen molar-refractivity contribution in [3.8, 4) is 102 Å². The molecule has 7 nitrogen and oxygen atoms in total. The van der Waals surface area contributed by atoms with E-state index in [1.165, 1.54) is 0 Å². The van der Waals surface area contributed by atoms with Crippen LogP contribution < -0.4 is 0 Å². The molecule has 10 aromatic rings. The van der Waals surface area contributed by atoms with Crippen molar-refractivity contribution in [3.05, 3.63) is 212 Å². The highest BCUT2D eigenvalue weighted by molar-refractivity contribution is 5.92. The number of pyridine rings is 1. The zero-order valence-electron chi connectivity index (χ0n) is 32.3. The van der Waals surface area contributed by atoms with E-state index in [0.29, 0.717) is 40.6 Å². The van der Waals surface area contributed by atoms with Crippen LogP contribution in [-0.2, 0) is 0 Å². The molecule has 0 aliphatic heterocycles. The zero-order chi connectivity index (χ0) is 40.1. The van der Waals surface area contributed by atoms with Crippen LogP contribution in [0.15, 0.2) is 212 Å². The standard InChI is InChI=1S/C53H35N7/c1-4-16-38(17-5-1)48-55-49(39-18-6-2-7-19-39)57-51(56-48)41-31-27-36(28-32-41)43-22-10-12-24-45(43)46-25-13-11-23-44(46)37-29-33-42(34-30-37)52-58-50(40-20-8-3-9-21-40)59-53(60-52)47-26-14-15-35-54-47/h1-35H. The van der Waals surface area contributed by atoms with Gasteiger partial charge in [-0.2, -0.15) is 0 Å². The molecule has 3 aromatic heterocycles. The van der Waals surface area contributed by atoms with Gasteiger partial charge in [0.25, 0.3) is 0 Å². The SMILES string of the molecule is c1ccc(-c2nc(-c3ccccc3)nc(-c3ccc(-c4ccccc4-c4ccccc4-c4ccc(-c5nc(-c6ccccc6)nc(-c6ccccn6)n5)cc4)cc3)n2)cc1. The van der Waals surface area contributed by atoms with Gasteiger partial charge >= 0.3 is 0 Å². The molecule has 0 radical (unpaired) electrons. The van der Waals surface area contributed by atoms with Crippen molar-refractivity contribution < 1.29 is 0 Å². The van der Waals surface area contributed by atoms with Gasteiger partial charge in [0.2, 0.25) is 0 Å². The molecule has 60 heavy (non-hydrogen) atoms. The van der Waals surface area contributed by atoms with E-state index in [4.69, 9.17) is 29.9 Å². The number of aromatic nitrogens is 7. The summed E-state index contributed by atoms with van der Waals surface area (Å²) in [5, 5.41) is 0. The van der Waals surface area contributed by atoms with E-state index in [2.05, 4.69) is 102 Å². The van der Waals surface area contributed by atoms with Crippen LogP contribution in [0.25, 0.3) is 102 Å². The summed E-state index contributed by atoms with van der Waals surface area (Å²) in [6.07, 6.45) is 1.75. The largest absolute Gasteiger partial charge is 0.253 e. The predicted octanol–water partition coefficient (Wildman–Crippen LogP) is 12.5. The Morgan fingerprint density at radius 1 is 0.200 bits per heavy atom. The Kier molecular flexibility index (Phi) is 9.79. The van der Waals surface area contributed by atoms with Crippen LogP contribution in [-0.4, -0.2) is 34.9 Å². The quantitative estimate of drug-likeness (QED) is 0.144. The molecule has 0 saturated carbocycles. The highest BCUT2D eigenvalue weighted by Crippen LogP contribution is 2.39.